The molecule has 0 aliphatic heterocycles. The molecule has 3 rings (SSSR count). The minimum absolute atomic E-state index is 0.0974. The summed E-state index contributed by atoms with van der Waals surface area (Å²) in [5.41, 5.74) is 1.35. The summed E-state index contributed by atoms with van der Waals surface area (Å²) >= 11 is 5.85. The van der Waals surface area contributed by atoms with Crippen LogP contribution in [-0.2, 0) is 16.1 Å². The van der Waals surface area contributed by atoms with Crippen molar-refractivity contribution in [2.24, 2.45) is 0 Å². The number of hydrogen-bond donors (Lipinski definition) is 0. The summed E-state index contributed by atoms with van der Waals surface area (Å²) in [5.74, 6) is 0.738. The number of carbonyl (C=O) groups is 2. The Morgan fingerprint density at radius 3 is 2.54 bits per heavy atom. The summed E-state index contributed by atoms with van der Waals surface area (Å²) in [6, 6.07) is 13.5. The van der Waals surface area contributed by atoms with Crippen LogP contribution in [0.2, 0.25) is 5.02 Å². The molecular formula is C19H14ClNO5. The second-order valence-corrected chi connectivity index (χ2v) is 5.70. The Labute approximate surface area is 154 Å². The summed E-state index contributed by atoms with van der Waals surface area (Å²) in [7, 11) is 0. The standard InChI is InChI=1S/C19H14ClNO5/c20-15-5-3-14(4-6-15)17-9-21-18(26-17)11-25-19(23)12-24-16-7-1-13(10-22)2-8-16/h1-10H,11-12H2. The number of halogens is 1. The van der Waals surface area contributed by atoms with E-state index in [0.717, 1.165) is 11.8 Å². The summed E-state index contributed by atoms with van der Waals surface area (Å²) in [5, 5.41) is 0.628. The molecule has 0 amide bonds. The van der Waals surface area contributed by atoms with E-state index < -0.39 is 5.97 Å². The van der Waals surface area contributed by atoms with E-state index >= 15 is 0 Å². The first-order valence-electron chi connectivity index (χ1n) is 7.68. The van der Waals surface area contributed by atoms with Crippen LogP contribution < -0.4 is 4.74 Å². The Morgan fingerprint density at radius 1 is 1.12 bits per heavy atom. The highest BCUT2D eigenvalue weighted by Gasteiger charge is 2.10. The molecule has 7 heteroatoms. The minimum Gasteiger partial charge on any atom is -0.482 e. The maximum absolute atomic E-state index is 11.7. The molecule has 0 atom stereocenters. The van der Waals surface area contributed by atoms with E-state index in [0.29, 0.717) is 22.1 Å². The van der Waals surface area contributed by atoms with Gasteiger partial charge in [-0.05, 0) is 48.5 Å². The van der Waals surface area contributed by atoms with E-state index in [1.165, 1.54) is 0 Å². The Balaban J connectivity index is 1.48. The average molecular weight is 372 g/mol. The summed E-state index contributed by atoms with van der Waals surface area (Å²) in [6.45, 7) is -0.356. The molecule has 132 valence electrons. The molecule has 0 bridgehead atoms. The van der Waals surface area contributed by atoms with Crippen molar-refractivity contribution in [3.63, 3.8) is 0 Å². The molecule has 0 aliphatic rings. The van der Waals surface area contributed by atoms with E-state index in [4.69, 9.17) is 25.5 Å². The minimum atomic E-state index is -0.560. The Bertz CT molecular complexity index is 887. The van der Waals surface area contributed by atoms with Crippen molar-refractivity contribution in [2.75, 3.05) is 6.61 Å². The highest BCUT2D eigenvalue weighted by molar-refractivity contribution is 6.30. The van der Waals surface area contributed by atoms with Crippen molar-refractivity contribution in [1.82, 2.24) is 4.98 Å². The number of oxazole rings is 1. The molecule has 0 fully saturated rings. The molecule has 0 N–H and O–H groups in total. The largest absolute Gasteiger partial charge is 0.482 e. The van der Waals surface area contributed by atoms with Gasteiger partial charge in [-0.1, -0.05) is 11.6 Å². The van der Waals surface area contributed by atoms with Crippen molar-refractivity contribution < 1.29 is 23.5 Å². The van der Waals surface area contributed by atoms with Gasteiger partial charge in [0.05, 0.1) is 6.20 Å². The topological polar surface area (TPSA) is 78.6 Å². The van der Waals surface area contributed by atoms with E-state index in [9.17, 15) is 9.59 Å². The lowest BCUT2D eigenvalue weighted by atomic mass is 10.2. The Kier molecular flexibility index (Phi) is 5.66. The zero-order valence-electron chi connectivity index (χ0n) is 13.6. The van der Waals surface area contributed by atoms with Crippen LogP contribution in [-0.4, -0.2) is 23.8 Å². The SMILES string of the molecule is O=Cc1ccc(OCC(=O)OCc2ncc(-c3ccc(Cl)cc3)o2)cc1. The summed E-state index contributed by atoms with van der Waals surface area (Å²) in [6.07, 6.45) is 2.28. The predicted octanol–water partition coefficient (Wildman–Crippen LogP) is 3.93. The first-order chi connectivity index (χ1) is 12.6. The van der Waals surface area contributed by atoms with Crippen LogP contribution in [0.3, 0.4) is 0 Å². The van der Waals surface area contributed by atoms with Crippen molar-refractivity contribution in [3.05, 3.63) is 71.2 Å². The van der Waals surface area contributed by atoms with Gasteiger partial charge in [0, 0.05) is 16.1 Å². The molecule has 6 nitrogen and oxygen atoms in total. The van der Waals surface area contributed by atoms with Gasteiger partial charge in [0.25, 0.3) is 0 Å². The van der Waals surface area contributed by atoms with Crippen LogP contribution in [0.1, 0.15) is 16.2 Å². The second-order valence-electron chi connectivity index (χ2n) is 5.26. The van der Waals surface area contributed by atoms with Crippen molar-refractivity contribution in [3.8, 4) is 17.1 Å². The highest BCUT2D eigenvalue weighted by Crippen LogP contribution is 2.22. The third-order valence-corrected chi connectivity index (χ3v) is 3.66. The zero-order chi connectivity index (χ0) is 18.4. The third kappa shape index (κ3) is 4.70. The number of benzene rings is 2. The smallest absolute Gasteiger partial charge is 0.344 e. The fourth-order valence-electron chi connectivity index (χ4n) is 2.09. The fraction of sp³-hybridized carbons (Fsp3) is 0.105. The molecule has 0 radical (unpaired) electrons. The number of aldehydes is 1. The number of esters is 1. The normalized spacial score (nSPS) is 10.3. The van der Waals surface area contributed by atoms with Gasteiger partial charge in [0.2, 0.25) is 5.89 Å². The summed E-state index contributed by atoms with van der Waals surface area (Å²) < 4.78 is 15.9. The molecule has 1 aromatic heterocycles. The molecule has 2 aromatic carbocycles. The second kappa shape index (κ2) is 8.31. The van der Waals surface area contributed by atoms with E-state index in [-0.39, 0.29) is 19.1 Å². The van der Waals surface area contributed by atoms with Crippen molar-refractivity contribution in [1.29, 1.82) is 0 Å². The molecule has 26 heavy (non-hydrogen) atoms. The number of hydrogen-bond acceptors (Lipinski definition) is 6. The van der Waals surface area contributed by atoms with Crippen LogP contribution in [0.15, 0.2) is 59.1 Å². The monoisotopic (exact) mass is 371 g/mol. The molecule has 0 unspecified atom stereocenters. The molecule has 0 saturated carbocycles. The molecule has 3 aromatic rings. The van der Waals surface area contributed by atoms with Crippen LogP contribution >= 0.6 is 11.6 Å². The zero-order valence-corrected chi connectivity index (χ0v) is 14.3. The van der Waals surface area contributed by atoms with Gasteiger partial charge in [0.15, 0.2) is 19.0 Å². The Hall–Kier alpha value is -3.12. The van der Waals surface area contributed by atoms with Gasteiger partial charge >= 0.3 is 5.97 Å². The van der Waals surface area contributed by atoms with Gasteiger partial charge < -0.3 is 13.9 Å². The number of rotatable bonds is 7. The van der Waals surface area contributed by atoms with Gasteiger partial charge in [-0.15, -0.1) is 0 Å². The van der Waals surface area contributed by atoms with Crippen LogP contribution in [0, 0.1) is 0 Å². The molecule has 0 aliphatic carbocycles. The van der Waals surface area contributed by atoms with Gasteiger partial charge in [-0.3, -0.25) is 4.79 Å². The lowest BCUT2D eigenvalue weighted by molar-refractivity contribution is -0.148. The maximum atomic E-state index is 11.7. The first-order valence-corrected chi connectivity index (χ1v) is 8.06. The van der Waals surface area contributed by atoms with Crippen LogP contribution in [0.25, 0.3) is 11.3 Å². The van der Waals surface area contributed by atoms with E-state index in [2.05, 4.69) is 4.98 Å². The molecule has 0 spiro atoms. The lowest BCUT2D eigenvalue weighted by Crippen LogP contribution is -2.14. The number of carbonyl (C=O) groups excluding carboxylic acids is 2. The highest BCUT2D eigenvalue weighted by atomic mass is 35.5. The molecule has 1 heterocycles. The maximum Gasteiger partial charge on any atom is 0.344 e. The predicted molar refractivity (Wildman–Crippen MR) is 94.1 cm³/mol. The number of aromatic nitrogens is 1. The molecular weight excluding hydrogens is 358 g/mol. The lowest BCUT2D eigenvalue weighted by Gasteiger charge is -2.05. The quantitative estimate of drug-likeness (QED) is 0.462. The Morgan fingerprint density at radius 2 is 1.85 bits per heavy atom. The fourth-order valence-corrected chi connectivity index (χ4v) is 2.22. The first kappa shape index (κ1) is 17.7. The average Bonchev–Trinajstić information content (AvgIpc) is 3.14. The number of ether oxygens (including phenoxy) is 2. The third-order valence-electron chi connectivity index (χ3n) is 3.41. The van der Waals surface area contributed by atoms with E-state index in [1.807, 2.05) is 12.1 Å². The van der Waals surface area contributed by atoms with Gasteiger partial charge in [-0.2, -0.15) is 0 Å². The summed E-state index contributed by atoms with van der Waals surface area (Å²) in [4.78, 5) is 26.4. The number of nitrogens with zero attached hydrogens (tertiary/aromatic N) is 1. The van der Waals surface area contributed by atoms with Crippen molar-refractivity contribution in [2.45, 2.75) is 6.61 Å². The van der Waals surface area contributed by atoms with Crippen molar-refractivity contribution >= 4 is 23.9 Å². The van der Waals surface area contributed by atoms with E-state index in [1.54, 1.807) is 42.6 Å². The van der Waals surface area contributed by atoms with Crippen LogP contribution in [0.5, 0.6) is 5.75 Å². The molecule has 0 saturated heterocycles. The van der Waals surface area contributed by atoms with Gasteiger partial charge in [-0.25, -0.2) is 9.78 Å². The van der Waals surface area contributed by atoms with Crippen LogP contribution in [0.4, 0.5) is 0 Å². The van der Waals surface area contributed by atoms with Gasteiger partial charge in [0.1, 0.15) is 12.0 Å².